The number of β-amino-alcohol motifs (C(OH)–C–C–N with tert-alkyl or cyclic N) is 1. The Morgan fingerprint density at radius 1 is 1.25 bits per heavy atom. The van der Waals surface area contributed by atoms with Gasteiger partial charge < -0.3 is 10.0 Å². The van der Waals surface area contributed by atoms with Crippen LogP contribution in [0, 0.1) is 0 Å². The zero-order valence-corrected chi connectivity index (χ0v) is 9.58. The molecule has 7 nitrogen and oxygen atoms in total. The molecule has 0 aliphatic carbocycles. The van der Waals surface area contributed by atoms with E-state index in [1.165, 1.54) is 0 Å². The normalized spacial score (nSPS) is 18.8. The van der Waals surface area contributed by atoms with Crippen LogP contribution in [0.4, 0.5) is 5.95 Å². The van der Waals surface area contributed by atoms with E-state index in [1.54, 1.807) is 4.68 Å². The zero-order chi connectivity index (χ0) is 11.4. The smallest absolute Gasteiger partial charge is 0.245 e. The quantitative estimate of drug-likeness (QED) is 0.692. The molecule has 7 heteroatoms. The fourth-order valence-corrected chi connectivity index (χ4v) is 2.03. The standard InChI is InChI=1S/C9H18N6O/c1-13-9(10-11-12-13)15-4-2-3-14(5-6-15)7-8-16/h16H,2-8H2,1H3. The summed E-state index contributed by atoms with van der Waals surface area (Å²) in [4.78, 5) is 4.46. The summed E-state index contributed by atoms with van der Waals surface area (Å²) >= 11 is 0. The van der Waals surface area contributed by atoms with Crippen molar-refractivity contribution in [2.45, 2.75) is 6.42 Å². The van der Waals surface area contributed by atoms with Crippen LogP contribution in [-0.4, -0.2) is 69.5 Å². The molecular formula is C9H18N6O. The monoisotopic (exact) mass is 226 g/mol. The first kappa shape index (κ1) is 11.3. The fourth-order valence-electron chi connectivity index (χ4n) is 2.03. The summed E-state index contributed by atoms with van der Waals surface area (Å²) < 4.78 is 1.70. The lowest BCUT2D eigenvalue weighted by molar-refractivity contribution is 0.204. The maximum Gasteiger partial charge on any atom is 0.245 e. The second-order valence-corrected chi connectivity index (χ2v) is 4.01. The largest absolute Gasteiger partial charge is 0.395 e. The van der Waals surface area contributed by atoms with Gasteiger partial charge in [0.25, 0.3) is 0 Å². The summed E-state index contributed by atoms with van der Waals surface area (Å²) in [7, 11) is 1.85. The van der Waals surface area contributed by atoms with Crippen LogP contribution in [0.1, 0.15) is 6.42 Å². The van der Waals surface area contributed by atoms with Crippen LogP contribution in [-0.2, 0) is 7.05 Å². The first-order chi connectivity index (χ1) is 7.81. The number of aromatic nitrogens is 4. The van der Waals surface area contributed by atoms with E-state index in [9.17, 15) is 0 Å². The van der Waals surface area contributed by atoms with E-state index in [-0.39, 0.29) is 6.61 Å². The van der Waals surface area contributed by atoms with Gasteiger partial charge in [-0.1, -0.05) is 5.10 Å². The van der Waals surface area contributed by atoms with Crippen molar-refractivity contribution in [3.63, 3.8) is 0 Å². The molecule has 90 valence electrons. The highest BCUT2D eigenvalue weighted by Gasteiger charge is 2.18. The lowest BCUT2D eigenvalue weighted by Crippen LogP contribution is -2.33. The maximum absolute atomic E-state index is 8.91. The van der Waals surface area contributed by atoms with Gasteiger partial charge in [-0.05, 0) is 23.4 Å². The number of hydrogen-bond acceptors (Lipinski definition) is 6. The van der Waals surface area contributed by atoms with Crippen LogP contribution in [0.15, 0.2) is 0 Å². The van der Waals surface area contributed by atoms with E-state index < -0.39 is 0 Å². The zero-order valence-electron chi connectivity index (χ0n) is 9.58. The molecule has 0 saturated carbocycles. The minimum atomic E-state index is 0.228. The summed E-state index contributed by atoms with van der Waals surface area (Å²) in [6.07, 6.45) is 1.08. The van der Waals surface area contributed by atoms with E-state index in [1.807, 2.05) is 7.05 Å². The van der Waals surface area contributed by atoms with Crippen molar-refractivity contribution in [1.29, 1.82) is 0 Å². The molecule has 0 spiro atoms. The second-order valence-electron chi connectivity index (χ2n) is 4.01. The van der Waals surface area contributed by atoms with E-state index in [0.29, 0.717) is 0 Å². The Morgan fingerprint density at radius 2 is 2.12 bits per heavy atom. The molecule has 0 amide bonds. The molecule has 0 atom stereocenters. The maximum atomic E-state index is 8.91. The van der Waals surface area contributed by atoms with Gasteiger partial charge in [-0.3, -0.25) is 4.90 Å². The highest BCUT2D eigenvalue weighted by molar-refractivity contribution is 5.27. The van der Waals surface area contributed by atoms with E-state index in [2.05, 4.69) is 25.3 Å². The second kappa shape index (κ2) is 5.22. The topological polar surface area (TPSA) is 70.3 Å². The van der Waals surface area contributed by atoms with E-state index in [0.717, 1.165) is 45.1 Å². The Morgan fingerprint density at radius 3 is 2.81 bits per heavy atom. The number of aryl methyl sites for hydroxylation is 1. The lowest BCUT2D eigenvalue weighted by Gasteiger charge is -2.20. The highest BCUT2D eigenvalue weighted by Crippen LogP contribution is 2.10. The van der Waals surface area contributed by atoms with Crippen molar-refractivity contribution in [3.05, 3.63) is 0 Å². The van der Waals surface area contributed by atoms with Gasteiger partial charge in [0.1, 0.15) is 0 Å². The molecular weight excluding hydrogens is 208 g/mol. The summed E-state index contributed by atoms with van der Waals surface area (Å²) in [5.74, 6) is 0.825. The molecule has 1 aromatic rings. The number of tetrazole rings is 1. The third-order valence-electron chi connectivity index (χ3n) is 2.89. The number of aliphatic hydroxyl groups is 1. The number of nitrogens with zero attached hydrogens (tertiary/aromatic N) is 6. The van der Waals surface area contributed by atoms with Gasteiger partial charge in [-0.25, -0.2) is 4.68 Å². The summed E-state index contributed by atoms with van der Waals surface area (Å²) in [6, 6.07) is 0. The molecule has 0 aromatic carbocycles. The first-order valence-electron chi connectivity index (χ1n) is 5.62. The SMILES string of the molecule is Cn1nnnc1N1CCCN(CCO)CC1. The van der Waals surface area contributed by atoms with Crippen molar-refractivity contribution in [3.8, 4) is 0 Å². The van der Waals surface area contributed by atoms with Crippen LogP contribution >= 0.6 is 0 Å². The van der Waals surface area contributed by atoms with Crippen LogP contribution < -0.4 is 4.90 Å². The Hall–Kier alpha value is -1.21. The van der Waals surface area contributed by atoms with Crippen LogP contribution in [0.2, 0.25) is 0 Å². The van der Waals surface area contributed by atoms with Crippen molar-refractivity contribution in [2.24, 2.45) is 7.05 Å². The molecule has 1 aliphatic heterocycles. The average molecular weight is 226 g/mol. The van der Waals surface area contributed by atoms with Crippen LogP contribution in [0.3, 0.4) is 0 Å². The van der Waals surface area contributed by atoms with Crippen LogP contribution in [0.25, 0.3) is 0 Å². The first-order valence-corrected chi connectivity index (χ1v) is 5.62. The fraction of sp³-hybridized carbons (Fsp3) is 0.889. The van der Waals surface area contributed by atoms with Crippen molar-refractivity contribution in [1.82, 2.24) is 25.1 Å². The Kier molecular flexibility index (Phi) is 3.68. The molecule has 0 bridgehead atoms. The van der Waals surface area contributed by atoms with Gasteiger partial charge in [0.15, 0.2) is 0 Å². The predicted molar refractivity (Wildman–Crippen MR) is 59.2 cm³/mol. The molecule has 1 saturated heterocycles. The lowest BCUT2D eigenvalue weighted by atomic mass is 10.4. The molecule has 16 heavy (non-hydrogen) atoms. The van der Waals surface area contributed by atoms with Crippen molar-refractivity contribution >= 4 is 5.95 Å². The van der Waals surface area contributed by atoms with E-state index in [4.69, 9.17) is 5.11 Å². The van der Waals surface area contributed by atoms with Gasteiger partial charge in [0.2, 0.25) is 5.95 Å². The molecule has 2 rings (SSSR count). The Balaban J connectivity index is 1.96. The molecule has 0 unspecified atom stereocenters. The molecule has 1 N–H and O–H groups in total. The number of aliphatic hydroxyl groups excluding tert-OH is 1. The number of hydrogen-bond donors (Lipinski definition) is 1. The summed E-state index contributed by atoms with van der Waals surface area (Å²) in [5.41, 5.74) is 0. The Labute approximate surface area is 94.6 Å². The van der Waals surface area contributed by atoms with Crippen LogP contribution in [0.5, 0.6) is 0 Å². The predicted octanol–water partition coefficient (Wildman–Crippen LogP) is -1.29. The molecule has 1 aromatic heterocycles. The van der Waals surface area contributed by atoms with Gasteiger partial charge >= 0.3 is 0 Å². The van der Waals surface area contributed by atoms with Gasteiger partial charge in [-0.2, -0.15) is 0 Å². The van der Waals surface area contributed by atoms with Gasteiger partial charge in [-0.15, -0.1) is 0 Å². The third kappa shape index (κ3) is 2.48. The number of rotatable bonds is 3. The van der Waals surface area contributed by atoms with Crippen molar-refractivity contribution < 1.29 is 5.11 Å². The Bertz CT molecular complexity index is 328. The highest BCUT2D eigenvalue weighted by atomic mass is 16.3. The molecule has 1 aliphatic rings. The molecule has 2 heterocycles. The van der Waals surface area contributed by atoms with Crippen molar-refractivity contribution in [2.75, 3.05) is 44.2 Å². The minimum absolute atomic E-state index is 0.228. The average Bonchev–Trinajstić information content (AvgIpc) is 2.57. The van der Waals surface area contributed by atoms with E-state index >= 15 is 0 Å². The van der Waals surface area contributed by atoms with Gasteiger partial charge in [0.05, 0.1) is 6.61 Å². The minimum Gasteiger partial charge on any atom is -0.395 e. The summed E-state index contributed by atoms with van der Waals surface area (Å²) in [6.45, 7) is 4.84. The summed E-state index contributed by atoms with van der Waals surface area (Å²) in [5, 5.41) is 20.4. The van der Waals surface area contributed by atoms with Gasteiger partial charge in [0, 0.05) is 33.2 Å². The molecule has 1 fully saturated rings. The molecule has 0 radical (unpaired) electrons. The third-order valence-corrected chi connectivity index (χ3v) is 2.89. The number of anilines is 1.